The largest absolute Gasteiger partial charge is 0.462 e. The van der Waals surface area contributed by atoms with Crippen molar-refractivity contribution < 1.29 is 28.6 Å². The molecule has 0 heterocycles. The lowest BCUT2D eigenvalue weighted by atomic mass is 10.0. The molecule has 65 heavy (non-hydrogen) atoms. The van der Waals surface area contributed by atoms with Crippen LogP contribution in [0.25, 0.3) is 0 Å². The smallest absolute Gasteiger partial charge is 0.306 e. The zero-order chi connectivity index (χ0) is 47.2. The number of hydrogen-bond donors (Lipinski definition) is 0. The van der Waals surface area contributed by atoms with Crippen molar-refractivity contribution in [2.24, 2.45) is 0 Å². The average molecular weight is 901 g/mol. The predicted molar refractivity (Wildman–Crippen MR) is 279 cm³/mol. The van der Waals surface area contributed by atoms with Crippen LogP contribution in [0.2, 0.25) is 0 Å². The minimum atomic E-state index is -0.808. The molecule has 0 aliphatic heterocycles. The zero-order valence-corrected chi connectivity index (χ0v) is 42.0. The normalized spacial score (nSPS) is 13.0. The Balaban J connectivity index is 4.49. The second kappa shape index (κ2) is 52.7. The summed E-state index contributed by atoms with van der Waals surface area (Å²) in [5, 5.41) is 0. The van der Waals surface area contributed by atoms with E-state index < -0.39 is 6.10 Å². The Morgan fingerprint density at radius 1 is 0.338 bits per heavy atom. The number of carbonyl (C=O) groups excluding carboxylic acids is 3. The van der Waals surface area contributed by atoms with Gasteiger partial charge in [0.15, 0.2) is 6.10 Å². The van der Waals surface area contributed by atoms with Crippen LogP contribution in [0.5, 0.6) is 0 Å². The Labute approximate surface area is 400 Å². The number of carbonyl (C=O) groups is 3. The number of rotatable bonds is 46. The molecule has 0 N–H and O–H groups in total. The van der Waals surface area contributed by atoms with Crippen molar-refractivity contribution in [1.82, 2.24) is 0 Å². The fraction of sp³-hybridized carbons (Fsp3) is 0.644. The van der Waals surface area contributed by atoms with E-state index in [4.69, 9.17) is 14.2 Å². The molecule has 368 valence electrons. The van der Waals surface area contributed by atoms with E-state index in [1.165, 1.54) is 77.0 Å². The van der Waals surface area contributed by atoms with Crippen LogP contribution in [0.3, 0.4) is 0 Å². The first-order chi connectivity index (χ1) is 32.0. The van der Waals surface area contributed by atoms with Gasteiger partial charge in [-0.05, 0) is 83.5 Å². The molecule has 0 fully saturated rings. The number of esters is 3. The summed E-state index contributed by atoms with van der Waals surface area (Å²) in [5.41, 5.74) is 0. The van der Waals surface area contributed by atoms with E-state index in [2.05, 4.69) is 93.7 Å². The zero-order valence-electron chi connectivity index (χ0n) is 42.0. The Bertz CT molecular complexity index is 1360. The molecule has 0 aromatic carbocycles. The van der Waals surface area contributed by atoms with E-state index in [1.54, 1.807) is 0 Å². The van der Waals surface area contributed by atoms with Gasteiger partial charge in [0, 0.05) is 19.3 Å². The summed E-state index contributed by atoms with van der Waals surface area (Å²) in [6, 6.07) is 0. The molecule has 0 bridgehead atoms. The molecule has 0 aromatic heterocycles. The van der Waals surface area contributed by atoms with Gasteiger partial charge in [-0.3, -0.25) is 14.4 Å². The SMILES string of the molecule is CC\C=C/C=C\C=C/C=C\CCCCCC(=O)OCC(COC(=O)CCCCC/C=C\C/C=C\C/C=C\C/C=C\C/C=C\CC)OC(=O)CCCCCCCCCCCCCCCCC. The lowest BCUT2D eigenvalue weighted by Gasteiger charge is -2.18. The summed E-state index contributed by atoms with van der Waals surface area (Å²) in [5.74, 6) is -0.978. The summed E-state index contributed by atoms with van der Waals surface area (Å²) in [4.78, 5) is 38.0. The second-order valence-corrected chi connectivity index (χ2v) is 17.1. The third kappa shape index (κ3) is 50.9. The number of unbranched alkanes of at least 4 members (excludes halogenated alkanes) is 20. The molecule has 0 aliphatic carbocycles. The Kier molecular flexibility index (Phi) is 49.5. The summed E-state index contributed by atoms with van der Waals surface area (Å²) in [7, 11) is 0. The van der Waals surface area contributed by atoms with Crippen molar-refractivity contribution in [3.63, 3.8) is 0 Å². The van der Waals surface area contributed by atoms with Crippen molar-refractivity contribution >= 4 is 17.9 Å². The molecule has 0 aromatic rings. The van der Waals surface area contributed by atoms with Gasteiger partial charge < -0.3 is 14.2 Å². The highest BCUT2D eigenvalue weighted by molar-refractivity contribution is 5.71. The van der Waals surface area contributed by atoms with E-state index in [-0.39, 0.29) is 31.1 Å². The van der Waals surface area contributed by atoms with Gasteiger partial charge in [0.1, 0.15) is 13.2 Å². The van der Waals surface area contributed by atoms with Gasteiger partial charge in [0.25, 0.3) is 0 Å². The van der Waals surface area contributed by atoms with Gasteiger partial charge in [0.05, 0.1) is 0 Å². The van der Waals surface area contributed by atoms with E-state index >= 15 is 0 Å². The average Bonchev–Trinajstić information content (AvgIpc) is 3.30. The second-order valence-electron chi connectivity index (χ2n) is 17.1. The summed E-state index contributed by atoms with van der Waals surface area (Å²) < 4.78 is 16.8. The highest BCUT2D eigenvalue weighted by atomic mass is 16.6. The van der Waals surface area contributed by atoms with Gasteiger partial charge in [-0.2, -0.15) is 0 Å². The molecule has 0 saturated heterocycles. The van der Waals surface area contributed by atoms with Crippen LogP contribution >= 0.6 is 0 Å². The topological polar surface area (TPSA) is 78.9 Å². The van der Waals surface area contributed by atoms with Crippen LogP contribution in [0, 0.1) is 0 Å². The molecule has 0 amide bonds. The Morgan fingerprint density at radius 2 is 0.677 bits per heavy atom. The third-order valence-corrected chi connectivity index (χ3v) is 10.9. The number of hydrogen-bond acceptors (Lipinski definition) is 6. The molecule has 0 radical (unpaired) electrons. The summed E-state index contributed by atoms with van der Waals surface area (Å²) >= 11 is 0. The molecule has 0 rings (SSSR count). The van der Waals surface area contributed by atoms with E-state index in [0.717, 1.165) is 109 Å². The van der Waals surface area contributed by atoms with Gasteiger partial charge in [0.2, 0.25) is 0 Å². The van der Waals surface area contributed by atoms with Crippen LogP contribution in [0.4, 0.5) is 0 Å². The van der Waals surface area contributed by atoms with Crippen molar-refractivity contribution in [1.29, 1.82) is 0 Å². The molecule has 6 nitrogen and oxygen atoms in total. The minimum absolute atomic E-state index is 0.108. The van der Waals surface area contributed by atoms with Crippen LogP contribution < -0.4 is 0 Å². The first kappa shape index (κ1) is 61.1. The summed E-state index contributed by atoms with van der Waals surface area (Å²) in [6.45, 7) is 6.32. The standard InChI is InChI=1S/C59H96O6/c1-4-7-10-13-16-19-22-25-27-28-29-30-32-34-37-40-43-46-49-52-58(61)64-55-56(54-63-57(60)51-48-45-42-39-36-33-24-21-18-15-12-9-6-3)65-59(62)53-50-47-44-41-38-35-31-26-23-20-17-14-11-8-5-2/h7,9-10,12,15-16,18-19,21,24-25,27,29-30,33-34,36-37,56H,4-6,8,11,13-14,17,20,22-23,26,28,31-32,35,38-55H2,1-3H3/b10-7-,12-9-,18-15-,19-16-,24-21-,27-25-,30-29-,36-33-,37-34-. The van der Waals surface area contributed by atoms with Crippen molar-refractivity contribution in [3.8, 4) is 0 Å². The first-order valence-electron chi connectivity index (χ1n) is 26.4. The van der Waals surface area contributed by atoms with Crippen LogP contribution in [-0.2, 0) is 28.6 Å². The van der Waals surface area contributed by atoms with E-state index in [0.29, 0.717) is 19.3 Å². The lowest BCUT2D eigenvalue weighted by molar-refractivity contribution is -0.167. The first-order valence-corrected chi connectivity index (χ1v) is 26.4. The maximum Gasteiger partial charge on any atom is 0.306 e. The van der Waals surface area contributed by atoms with Crippen molar-refractivity contribution in [2.45, 2.75) is 232 Å². The third-order valence-electron chi connectivity index (χ3n) is 10.9. The molecule has 6 heteroatoms. The Hall–Kier alpha value is -3.93. The van der Waals surface area contributed by atoms with E-state index in [9.17, 15) is 14.4 Å². The maximum absolute atomic E-state index is 12.8. The minimum Gasteiger partial charge on any atom is -0.462 e. The number of ether oxygens (including phenoxy) is 3. The lowest BCUT2D eigenvalue weighted by Crippen LogP contribution is -2.30. The molecular weight excluding hydrogens is 805 g/mol. The maximum atomic E-state index is 12.8. The molecule has 0 aliphatic rings. The monoisotopic (exact) mass is 901 g/mol. The molecule has 0 spiro atoms. The Morgan fingerprint density at radius 3 is 1.12 bits per heavy atom. The quantitative estimate of drug-likeness (QED) is 0.0199. The molecule has 1 atom stereocenters. The highest BCUT2D eigenvalue weighted by Crippen LogP contribution is 2.15. The summed E-state index contributed by atoms with van der Waals surface area (Å²) in [6.07, 6.45) is 70.7. The van der Waals surface area contributed by atoms with Gasteiger partial charge in [-0.15, -0.1) is 0 Å². The van der Waals surface area contributed by atoms with Gasteiger partial charge in [-0.25, -0.2) is 0 Å². The van der Waals surface area contributed by atoms with Crippen molar-refractivity contribution in [2.75, 3.05) is 13.2 Å². The number of allylic oxidation sites excluding steroid dienone is 18. The molecule has 0 saturated carbocycles. The van der Waals surface area contributed by atoms with Crippen molar-refractivity contribution in [3.05, 3.63) is 109 Å². The fourth-order valence-electron chi connectivity index (χ4n) is 6.95. The predicted octanol–water partition coefficient (Wildman–Crippen LogP) is 17.5. The van der Waals surface area contributed by atoms with Crippen LogP contribution in [-0.4, -0.2) is 37.2 Å². The molecular formula is C59H96O6. The fourth-order valence-corrected chi connectivity index (χ4v) is 6.95. The van der Waals surface area contributed by atoms with Crippen LogP contribution in [0.15, 0.2) is 109 Å². The van der Waals surface area contributed by atoms with E-state index in [1.807, 2.05) is 36.5 Å². The van der Waals surface area contributed by atoms with Crippen LogP contribution in [0.1, 0.15) is 226 Å². The molecule has 1 unspecified atom stereocenters. The van der Waals surface area contributed by atoms with Gasteiger partial charge >= 0.3 is 17.9 Å². The van der Waals surface area contributed by atoms with Gasteiger partial charge in [-0.1, -0.05) is 233 Å². The highest BCUT2D eigenvalue weighted by Gasteiger charge is 2.19.